The number of rotatable bonds is 5. The number of nitrogens with zero attached hydrogens (tertiary/aromatic N) is 2. The van der Waals surface area contributed by atoms with E-state index in [2.05, 4.69) is 21.9 Å². The molecule has 5 heteroatoms. The van der Waals surface area contributed by atoms with Gasteiger partial charge in [0.15, 0.2) is 0 Å². The maximum atomic E-state index is 11.8. The fourth-order valence-electron chi connectivity index (χ4n) is 2.54. The molecular formula is C19H20N4O. The predicted molar refractivity (Wildman–Crippen MR) is 98.3 cm³/mol. The van der Waals surface area contributed by atoms with Gasteiger partial charge in [0.25, 0.3) is 5.91 Å². The lowest BCUT2D eigenvalue weighted by Crippen LogP contribution is -2.25. The highest BCUT2D eigenvalue weighted by molar-refractivity contribution is 5.99. The van der Waals surface area contributed by atoms with Gasteiger partial charge in [-0.25, -0.2) is 5.43 Å². The second kappa shape index (κ2) is 7.00. The summed E-state index contributed by atoms with van der Waals surface area (Å²) in [5.41, 5.74) is 6.74. The smallest absolute Gasteiger partial charge is 0.259 e. The molecule has 0 saturated carbocycles. The number of nitrogens with one attached hydrogen (secondary N) is 2. The predicted octanol–water partition coefficient (Wildman–Crippen LogP) is 3.05. The van der Waals surface area contributed by atoms with Gasteiger partial charge in [0.1, 0.15) is 0 Å². The molecule has 0 atom stereocenters. The monoisotopic (exact) mass is 320 g/mol. The zero-order valence-corrected chi connectivity index (χ0v) is 13.8. The molecule has 2 aromatic carbocycles. The second-order valence-corrected chi connectivity index (χ2v) is 5.73. The molecule has 1 aromatic heterocycles. The fraction of sp³-hybridized carbons (Fsp3) is 0.158. The fourth-order valence-corrected chi connectivity index (χ4v) is 2.54. The summed E-state index contributed by atoms with van der Waals surface area (Å²) < 4.78 is 2.04. The quantitative estimate of drug-likeness (QED) is 0.561. The molecule has 3 aromatic rings. The summed E-state index contributed by atoms with van der Waals surface area (Å²) in [4.78, 5) is 11.8. The van der Waals surface area contributed by atoms with Crippen LogP contribution in [0.25, 0.3) is 10.9 Å². The molecule has 1 amide bonds. The summed E-state index contributed by atoms with van der Waals surface area (Å²) in [6, 6.07) is 16.0. The molecule has 0 unspecified atom stereocenters. The molecule has 122 valence electrons. The summed E-state index contributed by atoms with van der Waals surface area (Å²) in [6.45, 7) is 2.20. The minimum atomic E-state index is -0.188. The van der Waals surface area contributed by atoms with Crippen molar-refractivity contribution in [2.45, 2.75) is 6.92 Å². The molecule has 0 aliphatic rings. The van der Waals surface area contributed by atoms with Crippen molar-refractivity contribution in [3.8, 4) is 0 Å². The number of hydrazone groups is 1. The zero-order chi connectivity index (χ0) is 16.9. The van der Waals surface area contributed by atoms with E-state index in [1.54, 1.807) is 6.21 Å². The lowest BCUT2D eigenvalue weighted by molar-refractivity contribution is -0.119. The van der Waals surface area contributed by atoms with Crippen molar-refractivity contribution in [3.05, 3.63) is 65.9 Å². The van der Waals surface area contributed by atoms with Gasteiger partial charge in [-0.3, -0.25) is 4.79 Å². The third-order valence-electron chi connectivity index (χ3n) is 3.83. The third-order valence-corrected chi connectivity index (χ3v) is 3.83. The van der Waals surface area contributed by atoms with Crippen molar-refractivity contribution >= 4 is 28.7 Å². The van der Waals surface area contributed by atoms with Crippen LogP contribution in [-0.4, -0.2) is 23.2 Å². The topological polar surface area (TPSA) is 58.4 Å². The Morgan fingerprint density at radius 1 is 1.17 bits per heavy atom. The van der Waals surface area contributed by atoms with E-state index in [0.717, 1.165) is 22.2 Å². The first-order valence-corrected chi connectivity index (χ1v) is 7.80. The van der Waals surface area contributed by atoms with Crippen LogP contribution in [0.15, 0.2) is 59.8 Å². The molecule has 2 N–H and O–H groups in total. The standard InChI is InChI=1S/C19H20N4O/c1-14-7-9-16(10-8-14)20-12-19(24)22-21-11-15-13-23(2)18-6-4-3-5-17(15)18/h3-11,13,20H,12H2,1-2H3,(H,22,24)/b21-11+. The molecule has 24 heavy (non-hydrogen) atoms. The maximum absolute atomic E-state index is 11.8. The number of benzene rings is 2. The average molecular weight is 320 g/mol. The number of para-hydroxylation sites is 1. The minimum absolute atomic E-state index is 0.177. The highest BCUT2D eigenvalue weighted by atomic mass is 16.2. The molecule has 0 bridgehead atoms. The molecule has 0 aliphatic carbocycles. The first-order valence-electron chi connectivity index (χ1n) is 7.80. The Morgan fingerprint density at radius 2 is 1.92 bits per heavy atom. The Balaban J connectivity index is 1.57. The van der Waals surface area contributed by atoms with Gasteiger partial charge < -0.3 is 9.88 Å². The number of fused-ring (bicyclic) bond motifs is 1. The van der Waals surface area contributed by atoms with Gasteiger partial charge in [-0.2, -0.15) is 5.10 Å². The SMILES string of the molecule is Cc1ccc(NCC(=O)N/N=C/c2cn(C)c3ccccc23)cc1. The van der Waals surface area contributed by atoms with Gasteiger partial charge in [-0.1, -0.05) is 35.9 Å². The molecule has 0 spiro atoms. The van der Waals surface area contributed by atoms with E-state index in [1.807, 2.05) is 67.2 Å². The van der Waals surface area contributed by atoms with Crippen LogP contribution in [0.1, 0.15) is 11.1 Å². The van der Waals surface area contributed by atoms with Crippen LogP contribution in [0.5, 0.6) is 0 Å². The van der Waals surface area contributed by atoms with Crippen LogP contribution in [0.3, 0.4) is 0 Å². The zero-order valence-electron chi connectivity index (χ0n) is 13.8. The van der Waals surface area contributed by atoms with Crippen molar-refractivity contribution in [1.29, 1.82) is 0 Å². The number of hydrogen-bond acceptors (Lipinski definition) is 3. The molecule has 5 nitrogen and oxygen atoms in total. The first kappa shape index (κ1) is 15.8. The number of carbonyl (C=O) groups excluding carboxylic acids is 1. The van der Waals surface area contributed by atoms with Gasteiger partial charge >= 0.3 is 0 Å². The van der Waals surface area contributed by atoms with Crippen LogP contribution in [0, 0.1) is 6.92 Å². The highest BCUT2D eigenvalue weighted by Gasteiger charge is 2.04. The molecule has 3 rings (SSSR count). The van der Waals surface area contributed by atoms with E-state index >= 15 is 0 Å². The number of carbonyl (C=O) groups is 1. The van der Waals surface area contributed by atoms with Crippen molar-refractivity contribution in [1.82, 2.24) is 9.99 Å². The number of anilines is 1. The van der Waals surface area contributed by atoms with Gasteiger partial charge in [0.05, 0.1) is 12.8 Å². The van der Waals surface area contributed by atoms with Crippen LogP contribution in [0.2, 0.25) is 0 Å². The molecule has 1 heterocycles. The summed E-state index contributed by atoms with van der Waals surface area (Å²) in [5.74, 6) is -0.188. The molecule has 0 aliphatic heterocycles. The van der Waals surface area contributed by atoms with Crippen LogP contribution in [0.4, 0.5) is 5.69 Å². The van der Waals surface area contributed by atoms with Crippen LogP contribution in [-0.2, 0) is 11.8 Å². The summed E-state index contributed by atoms with van der Waals surface area (Å²) in [5, 5.41) is 8.22. The maximum Gasteiger partial charge on any atom is 0.259 e. The largest absolute Gasteiger partial charge is 0.376 e. The van der Waals surface area contributed by atoms with Crippen LogP contribution < -0.4 is 10.7 Å². The third kappa shape index (κ3) is 3.63. The second-order valence-electron chi connectivity index (χ2n) is 5.73. The molecule has 0 radical (unpaired) electrons. The average Bonchev–Trinajstić information content (AvgIpc) is 2.91. The van der Waals surface area contributed by atoms with Gasteiger partial charge in [-0.15, -0.1) is 0 Å². The van der Waals surface area contributed by atoms with E-state index in [9.17, 15) is 4.79 Å². The Hall–Kier alpha value is -3.08. The normalized spacial score (nSPS) is 11.1. The molecule has 0 fully saturated rings. The van der Waals surface area contributed by atoms with Gasteiger partial charge in [0.2, 0.25) is 0 Å². The van der Waals surface area contributed by atoms with Gasteiger partial charge in [-0.05, 0) is 25.1 Å². The van der Waals surface area contributed by atoms with E-state index < -0.39 is 0 Å². The van der Waals surface area contributed by atoms with Crippen molar-refractivity contribution in [2.24, 2.45) is 12.1 Å². The molecular weight excluding hydrogens is 300 g/mol. The Kier molecular flexibility index (Phi) is 4.61. The number of aryl methyl sites for hydroxylation is 2. The number of aromatic nitrogens is 1. The van der Waals surface area contributed by atoms with Crippen LogP contribution >= 0.6 is 0 Å². The van der Waals surface area contributed by atoms with Crippen molar-refractivity contribution in [3.63, 3.8) is 0 Å². The lowest BCUT2D eigenvalue weighted by Gasteiger charge is -2.05. The Morgan fingerprint density at radius 3 is 2.71 bits per heavy atom. The minimum Gasteiger partial charge on any atom is -0.376 e. The van der Waals surface area contributed by atoms with E-state index in [-0.39, 0.29) is 12.5 Å². The number of hydrogen-bond donors (Lipinski definition) is 2. The highest BCUT2D eigenvalue weighted by Crippen LogP contribution is 2.18. The van der Waals surface area contributed by atoms with Crippen molar-refractivity contribution < 1.29 is 4.79 Å². The van der Waals surface area contributed by atoms with Gasteiger partial charge in [0, 0.05) is 35.4 Å². The van der Waals surface area contributed by atoms with E-state index in [4.69, 9.17) is 0 Å². The van der Waals surface area contributed by atoms with E-state index in [0.29, 0.717) is 0 Å². The Labute approximate surface area is 141 Å². The lowest BCUT2D eigenvalue weighted by atomic mass is 10.2. The summed E-state index contributed by atoms with van der Waals surface area (Å²) in [6.07, 6.45) is 3.66. The summed E-state index contributed by atoms with van der Waals surface area (Å²) >= 11 is 0. The van der Waals surface area contributed by atoms with E-state index in [1.165, 1.54) is 5.56 Å². The molecule has 0 saturated heterocycles. The number of amides is 1. The summed E-state index contributed by atoms with van der Waals surface area (Å²) in [7, 11) is 1.99. The van der Waals surface area contributed by atoms with Crippen molar-refractivity contribution in [2.75, 3.05) is 11.9 Å². The first-order chi connectivity index (χ1) is 11.6. The Bertz CT molecular complexity index is 878.